The molecular weight excluding hydrogens is 402 g/mol. The third kappa shape index (κ3) is 4.64. The molecule has 1 fully saturated rings. The SMILES string of the molecule is CCNC(=O)[C@H]1CCCN1C(=O)c1cccc(NS(=O)(=O)c2ccc(C)cc2C)c1. The fourth-order valence-electron chi connectivity index (χ4n) is 3.77. The van der Waals surface area contributed by atoms with Crippen molar-refractivity contribution in [2.45, 2.75) is 44.6 Å². The fraction of sp³-hybridized carbons (Fsp3) is 0.364. The monoisotopic (exact) mass is 429 g/mol. The molecule has 1 aliphatic rings. The number of likely N-dealkylation sites (tertiary alicyclic amines) is 1. The van der Waals surface area contributed by atoms with Crippen LogP contribution in [0.3, 0.4) is 0 Å². The standard InChI is InChI=1S/C22H27N3O4S/c1-4-23-21(26)19-9-6-12-25(19)22(27)17-7-5-8-18(14-17)24-30(28,29)20-11-10-15(2)13-16(20)3/h5,7-8,10-11,13-14,19,24H,4,6,9,12H2,1-3H3,(H,23,26)/t19-/m1/s1. The Bertz CT molecular complexity index is 1070. The van der Waals surface area contributed by atoms with Crippen LogP contribution in [0.25, 0.3) is 0 Å². The van der Waals surface area contributed by atoms with Crippen LogP contribution in [-0.4, -0.2) is 44.3 Å². The maximum absolute atomic E-state index is 13.0. The van der Waals surface area contributed by atoms with Crippen molar-refractivity contribution in [1.82, 2.24) is 10.2 Å². The van der Waals surface area contributed by atoms with Crippen LogP contribution in [0.2, 0.25) is 0 Å². The van der Waals surface area contributed by atoms with Crippen molar-refractivity contribution in [3.63, 3.8) is 0 Å². The average molecular weight is 430 g/mol. The van der Waals surface area contributed by atoms with Gasteiger partial charge < -0.3 is 10.2 Å². The van der Waals surface area contributed by atoms with Gasteiger partial charge in [0.05, 0.1) is 4.90 Å². The topological polar surface area (TPSA) is 95.6 Å². The van der Waals surface area contributed by atoms with Gasteiger partial charge in [0.2, 0.25) is 5.91 Å². The van der Waals surface area contributed by atoms with E-state index in [1.807, 2.05) is 19.9 Å². The molecule has 2 aromatic rings. The molecular formula is C22H27N3O4S. The van der Waals surface area contributed by atoms with Gasteiger partial charge in [0, 0.05) is 24.3 Å². The molecule has 2 aromatic carbocycles. The van der Waals surface area contributed by atoms with Gasteiger partial charge in [-0.3, -0.25) is 14.3 Å². The first-order valence-electron chi connectivity index (χ1n) is 10.0. The van der Waals surface area contributed by atoms with E-state index < -0.39 is 16.1 Å². The van der Waals surface area contributed by atoms with E-state index in [-0.39, 0.29) is 16.7 Å². The summed E-state index contributed by atoms with van der Waals surface area (Å²) in [6, 6.07) is 11.0. The summed E-state index contributed by atoms with van der Waals surface area (Å²) in [5.41, 5.74) is 2.27. The second-order valence-electron chi connectivity index (χ2n) is 7.51. The summed E-state index contributed by atoms with van der Waals surface area (Å²) >= 11 is 0. The predicted octanol–water partition coefficient (Wildman–Crippen LogP) is 2.84. The maximum atomic E-state index is 13.0. The average Bonchev–Trinajstić information content (AvgIpc) is 3.17. The summed E-state index contributed by atoms with van der Waals surface area (Å²) in [7, 11) is -3.79. The van der Waals surface area contributed by atoms with Gasteiger partial charge in [0.15, 0.2) is 0 Å². The lowest BCUT2D eigenvalue weighted by molar-refractivity contribution is -0.124. The van der Waals surface area contributed by atoms with Gasteiger partial charge >= 0.3 is 0 Å². The number of hydrogen-bond acceptors (Lipinski definition) is 4. The normalized spacial score (nSPS) is 16.4. The molecule has 7 nitrogen and oxygen atoms in total. The minimum atomic E-state index is -3.79. The summed E-state index contributed by atoms with van der Waals surface area (Å²) in [5.74, 6) is -0.439. The molecule has 1 saturated heterocycles. The quantitative estimate of drug-likeness (QED) is 0.738. The molecule has 8 heteroatoms. The minimum absolute atomic E-state index is 0.157. The van der Waals surface area contributed by atoms with Crippen LogP contribution in [0.5, 0.6) is 0 Å². The van der Waals surface area contributed by atoms with E-state index in [1.165, 1.54) is 6.07 Å². The lowest BCUT2D eigenvalue weighted by Gasteiger charge is -2.24. The van der Waals surface area contributed by atoms with Crippen LogP contribution in [0.1, 0.15) is 41.3 Å². The van der Waals surface area contributed by atoms with Gasteiger partial charge in [-0.25, -0.2) is 8.42 Å². The van der Waals surface area contributed by atoms with Gasteiger partial charge in [0.25, 0.3) is 15.9 Å². The molecule has 0 bridgehead atoms. The number of anilines is 1. The number of nitrogens with zero attached hydrogens (tertiary/aromatic N) is 1. The lowest BCUT2D eigenvalue weighted by atomic mass is 10.1. The minimum Gasteiger partial charge on any atom is -0.355 e. The third-order valence-corrected chi connectivity index (χ3v) is 6.69. The van der Waals surface area contributed by atoms with E-state index in [9.17, 15) is 18.0 Å². The van der Waals surface area contributed by atoms with Crippen molar-refractivity contribution in [3.8, 4) is 0 Å². The highest BCUT2D eigenvalue weighted by molar-refractivity contribution is 7.92. The first-order chi connectivity index (χ1) is 14.2. The molecule has 1 atom stereocenters. The zero-order valence-electron chi connectivity index (χ0n) is 17.4. The number of sulfonamides is 1. The number of nitrogens with one attached hydrogen (secondary N) is 2. The molecule has 1 heterocycles. The number of amides is 2. The van der Waals surface area contributed by atoms with Crippen LogP contribution in [0, 0.1) is 13.8 Å². The van der Waals surface area contributed by atoms with Crippen LogP contribution in [0.15, 0.2) is 47.4 Å². The van der Waals surface area contributed by atoms with E-state index in [1.54, 1.807) is 42.2 Å². The number of rotatable bonds is 6. The van der Waals surface area contributed by atoms with Crippen LogP contribution in [0.4, 0.5) is 5.69 Å². The molecule has 2 amide bonds. The van der Waals surface area contributed by atoms with Crippen molar-refractivity contribution in [2.24, 2.45) is 0 Å². The molecule has 0 aromatic heterocycles. The van der Waals surface area contributed by atoms with E-state index in [0.717, 1.165) is 12.0 Å². The lowest BCUT2D eigenvalue weighted by Crippen LogP contribution is -2.45. The first kappa shape index (κ1) is 21.8. The Kier molecular flexibility index (Phi) is 6.45. The zero-order chi connectivity index (χ0) is 21.9. The van der Waals surface area contributed by atoms with E-state index in [0.29, 0.717) is 36.3 Å². The molecule has 0 unspecified atom stereocenters. The number of carbonyl (C=O) groups excluding carboxylic acids is 2. The molecule has 0 saturated carbocycles. The van der Waals surface area contributed by atoms with E-state index in [4.69, 9.17) is 0 Å². The molecule has 0 spiro atoms. The Morgan fingerprint density at radius 3 is 2.60 bits per heavy atom. The molecule has 0 aliphatic carbocycles. The summed E-state index contributed by atoms with van der Waals surface area (Å²) < 4.78 is 28.2. The van der Waals surface area contributed by atoms with Gasteiger partial charge in [-0.2, -0.15) is 0 Å². The summed E-state index contributed by atoms with van der Waals surface area (Å²) in [5, 5.41) is 2.77. The van der Waals surface area contributed by atoms with Gasteiger partial charge in [-0.15, -0.1) is 0 Å². The van der Waals surface area contributed by atoms with Crippen LogP contribution in [-0.2, 0) is 14.8 Å². The van der Waals surface area contributed by atoms with Gasteiger partial charge in [-0.1, -0.05) is 23.8 Å². The summed E-state index contributed by atoms with van der Waals surface area (Å²) in [6.45, 7) is 6.49. The Morgan fingerprint density at radius 2 is 1.90 bits per heavy atom. The Balaban J connectivity index is 1.82. The van der Waals surface area contributed by atoms with Crippen LogP contribution < -0.4 is 10.0 Å². The molecule has 2 N–H and O–H groups in total. The number of hydrogen-bond donors (Lipinski definition) is 2. The second-order valence-corrected chi connectivity index (χ2v) is 9.16. The first-order valence-corrected chi connectivity index (χ1v) is 11.5. The van der Waals surface area contributed by atoms with E-state index >= 15 is 0 Å². The number of likely N-dealkylation sites (N-methyl/N-ethyl adjacent to an activating group) is 1. The van der Waals surface area contributed by atoms with Crippen molar-refractivity contribution in [1.29, 1.82) is 0 Å². The smallest absolute Gasteiger partial charge is 0.262 e. The maximum Gasteiger partial charge on any atom is 0.262 e. The highest BCUT2D eigenvalue weighted by Crippen LogP contribution is 2.24. The summed E-state index contributed by atoms with van der Waals surface area (Å²) in [6.07, 6.45) is 1.38. The number of carbonyl (C=O) groups is 2. The van der Waals surface area contributed by atoms with Gasteiger partial charge in [0.1, 0.15) is 6.04 Å². The number of aryl methyl sites for hydroxylation is 2. The van der Waals surface area contributed by atoms with Gasteiger partial charge in [-0.05, 0) is 63.4 Å². The fourth-order valence-corrected chi connectivity index (χ4v) is 5.04. The Hall–Kier alpha value is -2.87. The Labute approximate surface area is 177 Å². The van der Waals surface area contributed by atoms with Crippen molar-refractivity contribution in [2.75, 3.05) is 17.8 Å². The molecule has 1 aliphatic heterocycles. The van der Waals surface area contributed by atoms with E-state index in [2.05, 4.69) is 10.0 Å². The van der Waals surface area contributed by atoms with Crippen molar-refractivity contribution >= 4 is 27.5 Å². The molecule has 0 radical (unpaired) electrons. The largest absolute Gasteiger partial charge is 0.355 e. The summed E-state index contributed by atoms with van der Waals surface area (Å²) in [4.78, 5) is 27.0. The Morgan fingerprint density at radius 1 is 1.13 bits per heavy atom. The zero-order valence-corrected chi connectivity index (χ0v) is 18.3. The molecule has 3 rings (SSSR count). The van der Waals surface area contributed by atoms with Crippen molar-refractivity contribution in [3.05, 3.63) is 59.2 Å². The predicted molar refractivity (Wildman–Crippen MR) is 116 cm³/mol. The van der Waals surface area contributed by atoms with Crippen molar-refractivity contribution < 1.29 is 18.0 Å². The second kappa shape index (κ2) is 8.87. The molecule has 30 heavy (non-hydrogen) atoms. The number of benzene rings is 2. The van der Waals surface area contributed by atoms with Crippen LogP contribution >= 0.6 is 0 Å². The molecule has 160 valence electrons. The highest BCUT2D eigenvalue weighted by Gasteiger charge is 2.34. The highest BCUT2D eigenvalue weighted by atomic mass is 32.2. The third-order valence-electron chi connectivity index (χ3n) is 5.15.